The first-order chi connectivity index (χ1) is 6.05. The number of nitriles is 2. The molecule has 0 saturated carbocycles. The lowest BCUT2D eigenvalue weighted by atomic mass is 9.90. The molecule has 1 aliphatic rings. The van der Waals surface area contributed by atoms with Crippen LogP contribution in [0.25, 0.3) is 0 Å². The fourth-order valence-corrected chi connectivity index (χ4v) is 0.904. The van der Waals surface area contributed by atoms with Gasteiger partial charge in [0.05, 0.1) is 0 Å². The molecule has 0 spiro atoms. The highest BCUT2D eigenvalue weighted by atomic mass is 19.2. The first-order valence-corrected chi connectivity index (χ1v) is 3.28. The Morgan fingerprint density at radius 3 is 2.54 bits per heavy atom. The summed E-state index contributed by atoms with van der Waals surface area (Å²) in [5.41, 5.74) is -3.91. The fraction of sp³-hybridized carbons (Fsp3) is 0.250. The molecular formula is C8H3F3N2. The van der Waals surface area contributed by atoms with Gasteiger partial charge in [0.2, 0.25) is 5.67 Å². The summed E-state index contributed by atoms with van der Waals surface area (Å²) in [7, 11) is 0. The van der Waals surface area contributed by atoms with Gasteiger partial charge in [0.15, 0.2) is 6.17 Å². The van der Waals surface area contributed by atoms with Gasteiger partial charge in [-0.25, -0.2) is 13.2 Å². The third-order valence-electron chi connectivity index (χ3n) is 1.64. The van der Waals surface area contributed by atoms with Crippen LogP contribution in [0.3, 0.4) is 0 Å². The normalized spacial score (nSPS) is 32.5. The molecule has 1 rings (SSSR count). The Kier molecular flexibility index (Phi) is 2.12. The molecule has 0 N–H and O–H groups in total. The van der Waals surface area contributed by atoms with Gasteiger partial charge in [-0.15, -0.1) is 0 Å². The van der Waals surface area contributed by atoms with Gasteiger partial charge in [0, 0.05) is 0 Å². The van der Waals surface area contributed by atoms with E-state index in [2.05, 4.69) is 0 Å². The third kappa shape index (κ3) is 1.29. The van der Waals surface area contributed by atoms with E-state index in [0.717, 1.165) is 6.07 Å². The summed E-state index contributed by atoms with van der Waals surface area (Å²) in [4.78, 5) is 0. The maximum atomic E-state index is 13.1. The third-order valence-corrected chi connectivity index (χ3v) is 1.64. The van der Waals surface area contributed by atoms with Crippen molar-refractivity contribution in [1.29, 1.82) is 10.5 Å². The molecule has 13 heavy (non-hydrogen) atoms. The van der Waals surface area contributed by atoms with E-state index in [4.69, 9.17) is 10.5 Å². The van der Waals surface area contributed by atoms with Crippen LogP contribution in [0.1, 0.15) is 0 Å². The first-order valence-electron chi connectivity index (χ1n) is 3.28. The SMILES string of the molecule is N#CC1=C(F)C=CC(F)(C#N)C1F. The molecular weight excluding hydrogens is 181 g/mol. The first kappa shape index (κ1) is 9.34. The fourth-order valence-electron chi connectivity index (χ4n) is 0.904. The molecule has 0 fully saturated rings. The van der Waals surface area contributed by atoms with Gasteiger partial charge >= 0.3 is 0 Å². The second kappa shape index (κ2) is 2.95. The molecule has 2 nitrogen and oxygen atoms in total. The Labute approximate surface area is 72.2 Å². The lowest BCUT2D eigenvalue weighted by Gasteiger charge is -2.20. The summed E-state index contributed by atoms with van der Waals surface area (Å²) in [6, 6.07) is 2.21. The van der Waals surface area contributed by atoms with Crippen LogP contribution in [0.2, 0.25) is 0 Å². The maximum Gasteiger partial charge on any atom is 0.250 e. The number of alkyl halides is 2. The van der Waals surface area contributed by atoms with Gasteiger partial charge < -0.3 is 0 Å². The molecule has 0 radical (unpaired) electrons. The monoisotopic (exact) mass is 184 g/mol. The molecule has 0 heterocycles. The molecule has 1 aliphatic carbocycles. The Hall–Kier alpha value is -1.75. The van der Waals surface area contributed by atoms with Crippen LogP contribution >= 0.6 is 0 Å². The van der Waals surface area contributed by atoms with Crippen molar-refractivity contribution in [1.82, 2.24) is 0 Å². The van der Waals surface area contributed by atoms with Gasteiger partial charge in [0.1, 0.15) is 23.5 Å². The molecule has 0 amide bonds. The van der Waals surface area contributed by atoms with Crippen molar-refractivity contribution in [2.24, 2.45) is 0 Å². The van der Waals surface area contributed by atoms with Gasteiger partial charge in [-0.05, 0) is 12.2 Å². The number of hydrogen-bond acceptors (Lipinski definition) is 2. The van der Waals surface area contributed by atoms with E-state index >= 15 is 0 Å². The van der Waals surface area contributed by atoms with Crippen LogP contribution in [0.15, 0.2) is 23.6 Å². The molecule has 2 unspecified atom stereocenters. The minimum Gasteiger partial charge on any atom is -0.236 e. The average molecular weight is 184 g/mol. The Morgan fingerprint density at radius 1 is 1.46 bits per heavy atom. The summed E-state index contributed by atoms with van der Waals surface area (Å²) in [6.45, 7) is 0. The largest absolute Gasteiger partial charge is 0.250 e. The highest BCUT2D eigenvalue weighted by Gasteiger charge is 2.44. The van der Waals surface area contributed by atoms with Gasteiger partial charge in [-0.3, -0.25) is 0 Å². The molecule has 0 aliphatic heterocycles. The minimum absolute atomic E-state index is 0.466. The molecule has 0 aromatic heterocycles. The lowest BCUT2D eigenvalue weighted by Crippen LogP contribution is -2.34. The standard InChI is InChI=1S/C8H3F3N2/c9-6-1-2-8(11,4-13)7(10)5(6)3-12/h1-2,7H. The van der Waals surface area contributed by atoms with E-state index < -0.39 is 23.2 Å². The summed E-state index contributed by atoms with van der Waals surface area (Å²) >= 11 is 0. The predicted octanol–water partition coefficient (Wildman–Crippen LogP) is 1.87. The highest BCUT2D eigenvalue weighted by Crippen LogP contribution is 2.32. The number of nitrogens with zero attached hydrogens (tertiary/aromatic N) is 2. The zero-order valence-electron chi connectivity index (χ0n) is 6.26. The van der Waals surface area contributed by atoms with Gasteiger partial charge in [0.25, 0.3) is 0 Å². The average Bonchev–Trinajstić information content (AvgIpc) is 2.13. The van der Waals surface area contributed by atoms with E-state index in [0.29, 0.717) is 12.2 Å². The second-order valence-corrected chi connectivity index (χ2v) is 2.45. The summed E-state index contributed by atoms with van der Waals surface area (Å²) < 4.78 is 38.7. The Bertz CT molecular complexity index is 372. The number of halogens is 3. The zero-order valence-corrected chi connectivity index (χ0v) is 6.26. The van der Waals surface area contributed by atoms with Crippen molar-refractivity contribution >= 4 is 0 Å². The van der Waals surface area contributed by atoms with Crippen molar-refractivity contribution in [2.45, 2.75) is 11.8 Å². The molecule has 2 atom stereocenters. The van der Waals surface area contributed by atoms with E-state index in [1.807, 2.05) is 0 Å². The van der Waals surface area contributed by atoms with Crippen molar-refractivity contribution in [3.63, 3.8) is 0 Å². The molecule has 0 aromatic rings. The molecule has 0 aromatic carbocycles. The van der Waals surface area contributed by atoms with E-state index in [1.165, 1.54) is 6.07 Å². The smallest absolute Gasteiger partial charge is 0.236 e. The number of hydrogen-bond donors (Lipinski definition) is 0. The second-order valence-electron chi connectivity index (χ2n) is 2.45. The van der Waals surface area contributed by atoms with Crippen molar-refractivity contribution in [3.05, 3.63) is 23.6 Å². The van der Waals surface area contributed by atoms with Crippen LogP contribution in [-0.2, 0) is 0 Å². The number of allylic oxidation sites excluding steroid dienone is 4. The quantitative estimate of drug-likeness (QED) is 0.576. The Balaban J connectivity index is 3.21. The van der Waals surface area contributed by atoms with E-state index in [-0.39, 0.29) is 0 Å². The van der Waals surface area contributed by atoms with Crippen LogP contribution in [-0.4, -0.2) is 11.8 Å². The van der Waals surface area contributed by atoms with Crippen molar-refractivity contribution in [2.75, 3.05) is 0 Å². The van der Waals surface area contributed by atoms with E-state index in [1.54, 1.807) is 0 Å². The Morgan fingerprint density at radius 2 is 2.08 bits per heavy atom. The summed E-state index contributed by atoms with van der Waals surface area (Å²) in [5.74, 6) is -1.14. The predicted molar refractivity (Wildman–Crippen MR) is 37.2 cm³/mol. The van der Waals surface area contributed by atoms with Crippen molar-refractivity contribution in [3.8, 4) is 12.1 Å². The lowest BCUT2D eigenvalue weighted by molar-refractivity contribution is 0.171. The van der Waals surface area contributed by atoms with Crippen LogP contribution in [0, 0.1) is 22.7 Å². The van der Waals surface area contributed by atoms with Crippen LogP contribution in [0.5, 0.6) is 0 Å². The van der Waals surface area contributed by atoms with Crippen LogP contribution in [0.4, 0.5) is 13.2 Å². The topological polar surface area (TPSA) is 47.6 Å². The molecule has 66 valence electrons. The summed E-state index contributed by atoms with van der Waals surface area (Å²) in [6.07, 6.45) is -1.50. The molecule has 5 heteroatoms. The summed E-state index contributed by atoms with van der Waals surface area (Å²) in [5, 5.41) is 16.5. The molecule has 0 bridgehead atoms. The van der Waals surface area contributed by atoms with Crippen molar-refractivity contribution < 1.29 is 13.2 Å². The number of rotatable bonds is 0. The van der Waals surface area contributed by atoms with Gasteiger partial charge in [-0.1, -0.05) is 0 Å². The zero-order chi connectivity index (χ0) is 10.1. The maximum absolute atomic E-state index is 13.1. The van der Waals surface area contributed by atoms with Gasteiger partial charge in [-0.2, -0.15) is 10.5 Å². The highest BCUT2D eigenvalue weighted by molar-refractivity contribution is 5.45. The minimum atomic E-state index is -2.93. The van der Waals surface area contributed by atoms with Crippen LogP contribution < -0.4 is 0 Å². The van der Waals surface area contributed by atoms with E-state index in [9.17, 15) is 13.2 Å². The molecule has 0 saturated heterocycles.